The Balaban J connectivity index is 1.42. The Kier molecular flexibility index (Phi) is 8.39. The Morgan fingerprint density at radius 1 is 1.32 bits per heavy atom. The largest absolute Gasteiger partial charge is 0.545 e. The zero-order chi connectivity index (χ0) is 29.2. The number of carboxylic acid groups (broad SMARTS) is 1. The van der Waals surface area contributed by atoms with Crippen LogP contribution >= 0.6 is 23.3 Å². The summed E-state index contributed by atoms with van der Waals surface area (Å²) < 4.78 is 11.1. The Morgan fingerprint density at radius 3 is 2.62 bits per heavy atom. The van der Waals surface area contributed by atoms with Gasteiger partial charge in [-0.1, -0.05) is 5.16 Å². The van der Waals surface area contributed by atoms with E-state index >= 15 is 0 Å². The molecule has 0 saturated carbocycles. The Labute approximate surface area is 237 Å². The molecule has 2 unspecified atom stereocenters. The number of thioether (sulfide) groups is 1. The molecular formula is C24H27N7O7S2. The van der Waals surface area contributed by atoms with Gasteiger partial charge in [0.05, 0.1) is 5.97 Å². The number of esters is 1. The van der Waals surface area contributed by atoms with E-state index < -0.39 is 35.6 Å². The number of fused-ring (bicyclic) bond motifs is 1. The molecule has 1 fully saturated rings. The fourth-order valence-electron chi connectivity index (χ4n) is 3.66. The number of nitrogen functional groups attached to an aromatic ring is 1. The fraction of sp³-hybridized carbons (Fsp3) is 0.417. The second-order valence-corrected chi connectivity index (χ2v) is 11.8. The van der Waals surface area contributed by atoms with Crippen LogP contribution in [0.5, 0.6) is 0 Å². The molecular weight excluding hydrogens is 562 g/mol. The molecule has 2 aromatic rings. The number of hydrogen-bond acceptors (Lipinski definition) is 13. The predicted octanol–water partition coefficient (Wildman–Crippen LogP) is -0.794. The van der Waals surface area contributed by atoms with Crippen LogP contribution in [0.4, 0.5) is 5.13 Å². The zero-order valence-corrected chi connectivity index (χ0v) is 23.7. The van der Waals surface area contributed by atoms with E-state index in [0.29, 0.717) is 12.3 Å². The molecule has 0 aromatic carbocycles. The first-order valence-electron chi connectivity index (χ1n) is 12.0. The number of carbonyl (C=O) groups is 4. The number of carbonyl (C=O) groups excluding carboxylic acids is 4. The second kappa shape index (κ2) is 11.6. The lowest BCUT2D eigenvalue weighted by molar-refractivity contribution is -0.689. The van der Waals surface area contributed by atoms with Crippen LogP contribution in [0.3, 0.4) is 0 Å². The maximum Gasteiger partial charge on any atom is 0.350 e. The summed E-state index contributed by atoms with van der Waals surface area (Å²) in [5, 5.41) is 17.2. The van der Waals surface area contributed by atoms with Crippen LogP contribution in [0.2, 0.25) is 0 Å². The van der Waals surface area contributed by atoms with Crippen molar-refractivity contribution in [1.29, 1.82) is 0 Å². The maximum atomic E-state index is 13.2. The first-order chi connectivity index (χ1) is 18.8. The number of pyridine rings is 1. The molecule has 212 valence electrons. The monoisotopic (exact) mass is 589 g/mol. The number of oxime groups is 1. The average molecular weight is 590 g/mol. The number of ether oxygens (including phenoxy) is 1. The number of anilines is 1. The number of nitrogens with two attached hydrogens (primary N) is 1. The molecule has 0 aliphatic carbocycles. The zero-order valence-electron chi connectivity index (χ0n) is 22.0. The molecule has 2 amide bonds. The van der Waals surface area contributed by atoms with Crippen LogP contribution in [0, 0.1) is 0 Å². The van der Waals surface area contributed by atoms with E-state index in [4.69, 9.17) is 15.3 Å². The van der Waals surface area contributed by atoms with E-state index in [1.807, 2.05) is 0 Å². The summed E-state index contributed by atoms with van der Waals surface area (Å²) in [5.74, 6) is -2.56. The van der Waals surface area contributed by atoms with Gasteiger partial charge >= 0.3 is 5.97 Å². The molecule has 2 aliphatic heterocycles. The number of aromatic carboxylic acids is 1. The van der Waals surface area contributed by atoms with Gasteiger partial charge in [-0.15, -0.1) is 11.8 Å². The van der Waals surface area contributed by atoms with Crippen LogP contribution < -0.4 is 20.7 Å². The van der Waals surface area contributed by atoms with Gasteiger partial charge in [-0.25, -0.2) is 9.36 Å². The third-order valence-corrected chi connectivity index (χ3v) is 7.47. The topological polar surface area (TPSA) is 193 Å². The molecule has 3 atom stereocenters. The van der Waals surface area contributed by atoms with Crippen molar-refractivity contribution in [2.45, 2.75) is 57.4 Å². The highest BCUT2D eigenvalue weighted by atomic mass is 32.2. The van der Waals surface area contributed by atoms with E-state index in [0.717, 1.165) is 17.1 Å². The Morgan fingerprint density at radius 2 is 2.02 bits per heavy atom. The summed E-state index contributed by atoms with van der Waals surface area (Å²) in [6.07, 6.45) is 3.84. The normalized spacial score (nSPS) is 19.6. The first kappa shape index (κ1) is 28.9. The average Bonchev–Trinajstić information content (AvgIpc) is 3.32. The van der Waals surface area contributed by atoms with E-state index in [1.165, 1.54) is 35.7 Å². The quantitative estimate of drug-likeness (QED) is 0.122. The molecule has 16 heteroatoms. The SMILES string of the molecule is CC(ON=C(C(=O)NC1C(=O)N2C=C(C[n+]3ccc(C(=O)[O-])cc3)CS[C@@H]12)c1nsc(N)n1)C(=O)OC(C)(C)C. The van der Waals surface area contributed by atoms with Crippen molar-refractivity contribution in [1.82, 2.24) is 19.6 Å². The molecule has 0 spiro atoms. The van der Waals surface area contributed by atoms with Crippen molar-refractivity contribution < 1.29 is 38.4 Å². The Hall–Kier alpha value is -4.05. The van der Waals surface area contributed by atoms with Gasteiger partial charge in [-0.3, -0.25) is 9.59 Å². The van der Waals surface area contributed by atoms with Crippen molar-refractivity contribution in [2.75, 3.05) is 11.5 Å². The van der Waals surface area contributed by atoms with Gasteiger partial charge in [0.25, 0.3) is 11.8 Å². The van der Waals surface area contributed by atoms with Crippen LogP contribution in [0.25, 0.3) is 0 Å². The van der Waals surface area contributed by atoms with Crippen molar-refractivity contribution in [3.8, 4) is 0 Å². The van der Waals surface area contributed by atoms with E-state index in [1.54, 1.807) is 43.9 Å². The van der Waals surface area contributed by atoms with E-state index in [-0.39, 0.29) is 33.5 Å². The summed E-state index contributed by atoms with van der Waals surface area (Å²) in [4.78, 5) is 60.0. The number of rotatable bonds is 9. The number of aromatic nitrogens is 3. The number of nitrogens with zero attached hydrogens (tertiary/aromatic N) is 5. The van der Waals surface area contributed by atoms with Crippen molar-refractivity contribution >= 4 is 57.9 Å². The van der Waals surface area contributed by atoms with Gasteiger partial charge in [-0.2, -0.15) is 9.36 Å². The molecule has 1 saturated heterocycles. The van der Waals surface area contributed by atoms with Gasteiger partial charge < -0.3 is 35.4 Å². The van der Waals surface area contributed by atoms with Gasteiger partial charge in [0.1, 0.15) is 17.0 Å². The highest BCUT2D eigenvalue weighted by Gasteiger charge is 2.50. The van der Waals surface area contributed by atoms with E-state index in [2.05, 4.69) is 19.8 Å². The molecule has 0 bridgehead atoms. The number of hydrogen-bond donors (Lipinski definition) is 2. The molecule has 14 nitrogen and oxygen atoms in total. The summed E-state index contributed by atoms with van der Waals surface area (Å²) in [6, 6.07) is 2.04. The van der Waals surface area contributed by atoms with Gasteiger partial charge in [0.15, 0.2) is 24.1 Å². The van der Waals surface area contributed by atoms with E-state index in [9.17, 15) is 24.3 Å². The molecule has 2 aliphatic rings. The highest BCUT2D eigenvalue weighted by molar-refractivity contribution is 8.00. The highest BCUT2D eigenvalue weighted by Crippen LogP contribution is 2.36. The summed E-state index contributed by atoms with van der Waals surface area (Å²) in [7, 11) is 0. The molecule has 3 N–H and O–H groups in total. The lowest BCUT2D eigenvalue weighted by atomic mass is 10.1. The lowest BCUT2D eigenvalue weighted by Crippen LogP contribution is -2.69. The second-order valence-electron chi connectivity index (χ2n) is 9.91. The van der Waals surface area contributed by atoms with Crippen molar-refractivity contribution in [3.05, 3.63) is 47.7 Å². The predicted molar refractivity (Wildman–Crippen MR) is 141 cm³/mol. The van der Waals surface area contributed by atoms with Crippen LogP contribution in [-0.4, -0.2) is 72.6 Å². The number of nitrogens with one attached hydrogen (secondary N) is 1. The molecule has 40 heavy (non-hydrogen) atoms. The van der Waals surface area contributed by atoms with Gasteiger partial charge in [-0.05, 0) is 27.7 Å². The van der Waals surface area contributed by atoms with Crippen LogP contribution in [-0.2, 0) is 30.5 Å². The molecule has 4 heterocycles. The molecule has 4 rings (SSSR count). The van der Waals surface area contributed by atoms with Crippen LogP contribution in [0.1, 0.15) is 43.9 Å². The van der Waals surface area contributed by atoms with Crippen molar-refractivity contribution in [2.24, 2.45) is 5.16 Å². The number of carboxylic acids is 1. The maximum absolute atomic E-state index is 13.2. The van der Waals surface area contributed by atoms with Gasteiger partial charge in [0.2, 0.25) is 17.6 Å². The third kappa shape index (κ3) is 6.74. The lowest BCUT2D eigenvalue weighted by Gasteiger charge is -2.47. The fourth-order valence-corrected chi connectivity index (χ4v) is 5.35. The standard InChI is InChI=1S/C24H27N7O7S2/c1-12(22(36)37-24(2,3)4)38-28-15(17-27-23(25)40-29-17)18(32)26-16-19(33)31-10-13(11-39-20(16)31)9-30-7-5-14(6-8-30)21(34)35/h5-8,10,12,16,20H,9,11H2,1-4H3,(H3-,25,26,27,29,32,34,35)/t12?,16?,20-/m0/s1. The van der Waals surface area contributed by atoms with Gasteiger partial charge in [0, 0.05) is 46.8 Å². The summed E-state index contributed by atoms with van der Waals surface area (Å²) in [5.41, 5.74) is 5.58. The minimum atomic E-state index is -1.26. The summed E-state index contributed by atoms with van der Waals surface area (Å²) in [6.45, 7) is 6.99. The van der Waals surface area contributed by atoms with Crippen molar-refractivity contribution in [3.63, 3.8) is 0 Å². The first-order valence-corrected chi connectivity index (χ1v) is 13.9. The third-order valence-electron chi connectivity index (χ3n) is 5.55. The number of β-lactam (4-membered cyclic amide) rings is 1. The minimum Gasteiger partial charge on any atom is -0.545 e. The number of amides is 2. The van der Waals surface area contributed by atoms with Crippen LogP contribution in [0.15, 0.2) is 41.5 Å². The molecule has 2 aromatic heterocycles. The smallest absolute Gasteiger partial charge is 0.350 e. The summed E-state index contributed by atoms with van der Waals surface area (Å²) >= 11 is 2.31. The molecule has 0 radical (unpaired) electrons. The Bertz CT molecular complexity index is 1380. The minimum absolute atomic E-state index is 0.0722.